The molecular formula is C32H39BrN2O3. The summed E-state index contributed by atoms with van der Waals surface area (Å²) in [5.41, 5.74) is 4.24. The Morgan fingerprint density at radius 3 is 2.26 bits per heavy atom. The molecule has 1 N–H and O–H groups in total. The fraction of sp³-hybridized carbons (Fsp3) is 0.375. The highest BCUT2D eigenvalue weighted by atomic mass is 79.9. The summed E-state index contributed by atoms with van der Waals surface area (Å²) in [6.07, 6.45) is 0.412. The SMILES string of the molecule is Cc1cccc(CN(C(=O)COc2ccc(C(C)C)cc2Br)[C@H](Cc2ccccc2)C(=O)NCC(C)C)c1. The minimum Gasteiger partial charge on any atom is -0.483 e. The topological polar surface area (TPSA) is 58.6 Å². The number of hydrogen-bond acceptors (Lipinski definition) is 3. The number of rotatable bonds is 12. The van der Waals surface area contributed by atoms with Crippen molar-refractivity contribution in [3.8, 4) is 5.75 Å². The minimum atomic E-state index is -0.681. The van der Waals surface area contributed by atoms with Crippen LogP contribution in [0.4, 0.5) is 0 Å². The van der Waals surface area contributed by atoms with Gasteiger partial charge < -0.3 is 15.0 Å². The van der Waals surface area contributed by atoms with Gasteiger partial charge >= 0.3 is 0 Å². The Bertz CT molecular complexity index is 1210. The molecule has 0 radical (unpaired) electrons. The molecule has 0 spiro atoms. The number of carbonyl (C=O) groups excluding carboxylic acids is 2. The van der Waals surface area contributed by atoms with E-state index in [0.717, 1.165) is 21.2 Å². The molecule has 0 aromatic heterocycles. The lowest BCUT2D eigenvalue weighted by atomic mass is 10.0. The highest BCUT2D eigenvalue weighted by Crippen LogP contribution is 2.29. The molecular weight excluding hydrogens is 540 g/mol. The number of nitrogens with one attached hydrogen (secondary N) is 1. The van der Waals surface area contributed by atoms with E-state index in [1.807, 2.05) is 79.7 Å². The predicted molar refractivity (Wildman–Crippen MR) is 157 cm³/mol. The van der Waals surface area contributed by atoms with Crippen LogP contribution in [0.5, 0.6) is 5.75 Å². The van der Waals surface area contributed by atoms with Gasteiger partial charge in [0.25, 0.3) is 5.91 Å². The Balaban J connectivity index is 1.90. The lowest BCUT2D eigenvalue weighted by molar-refractivity contribution is -0.142. The zero-order valence-corrected chi connectivity index (χ0v) is 24.6. The maximum Gasteiger partial charge on any atom is 0.261 e. The first-order chi connectivity index (χ1) is 18.1. The molecule has 0 aliphatic carbocycles. The van der Waals surface area contributed by atoms with Crippen LogP contribution in [0, 0.1) is 12.8 Å². The molecule has 0 fully saturated rings. The van der Waals surface area contributed by atoms with E-state index in [1.165, 1.54) is 5.56 Å². The molecule has 38 heavy (non-hydrogen) atoms. The molecule has 0 bridgehead atoms. The van der Waals surface area contributed by atoms with Gasteiger partial charge in [0.15, 0.2) is 6.61 Å². The molecule has 0 saturated heterocycles. The fourth-order valence-corrected chi connectivity index (χ4v) is 4.71. The summed E-state index contributed by atoms with van der Waals surface area (Å²) < 4.78 is 6.79. The maximum absolute atomic E-state index is 13.8. The van der Waals surface area contributed by atoms with E-state index >= 15 is 0 Å². The highest BCUT2D eigenvalue weighted by molar-refractivity contribution is 9.10. The van der Waals surface area contributed by atoms with Crippen LogP contribution in [0.2, 0.25) is 0 Å². The zero-order chi connectivity index (χ0) is 27.7. The van der Waals surface area contributed by atoms with Crippen LogP contribution in [0.1, 0.15) is 55.9 Å². The molecule has 3 rings (SSSR count). The van der Waals surface area contributed by atoms with Gasteiger partial charge in [-0.15, -0.1) is 0 Å². The van der Waals surface area contributed by atoms with Crippen LogP contribution in [0.15, 0.2) is 77.3 Å². The molecule has 0 aliphatic rings. The molecule has 6 heteroatoms. The van der Waals surface area contributed by atoms with Crippen molar-refractivity contribution in [1.82, 2.24) is 10.2 Å². The van der Waals surface area contributed by atoms with Crippen molar-refractivity contribution in [1.29, 1.82) is 0 Å². The lowest BCUT2D eigenvalue weighted by Gasteiger charge is -2.32. The molecule has 5 nitrogen and oxygen atoms in total. The average Bonchev–Trinajstić information content (AvgIpc) is 2.89. The first kappa shape index (κ1) is 29.4. The van der Waals surface area contributed by atoms with Gasteiger partial charge in [0.2, 0.25) is 5.91 Å². The Morgan fingerprint density at radius 1 is 0.921 bits per heavy atom. The maximum atomic E-state index is 13.8. The molecule has 0 heterocycles. The monoisotopic (exact) mass is 578 g/mol. The third kappa shape index (κ3) is 8.73. The number of nitrogens with zero attached hydrogens (tertiary/aromatic N) is 1. The standard InChI is InChI=1S/C32H39BrN2O3/c1-22(2)19-34-32(37)29(17-25-11-7-6-8-12-25)35(20-26-13-9-10-24(5)16-26)31(36)21-38-30-15-14-27(23(3)4)18-28(30)33/h6-16,18,22-23,29H,17,19-21H2,1-5H3,(H,34,37)/t29-/m1/s1. The molecule has 0 aliphatic heterocycles. The summed E-state index contributed by atoms with van der Waals surface area (Å²) >= 11 is 3.58. The van der Waals surface area contributed by atoms with Crippen molar-refractivity contribution in [2.24, 2.45) is 5.92 Å². The summed E-state index contributed by atoms with van der Waals surface area (Å²) in [6.45, 7) is 11.1. The minimum absolute atomic E-state index is 0.161. The van der Waals surface area contributed by atoms with E-state index in [0.29, 0.717) is 37.1 Å². The quantitative estimate of drug-likeness (QED) is 0.261. The average molecular weight is 580 g/mol. The van der Waals surface area contributed by atoms with E-state index in [-0.39, 0.29) is 18.4 Å². The second kappa shape index (κ2) is 14.1. The van der Waals surface area contributed by atoms with Gasteiger partial charge in [-0.2, -0.15) is 0 Å². The summed E-state index contributed by atoms with van der Waals surface area (Å²) in [7, 11) is 0. The number of amides is 2. The summed E-state index contributed by atoms with van der Waals surface area (Å²) in [5, 5.41) is 3.05. The summed E-state index contributed by atoms with van der Waals surface area (Å²) in [6, 6.07) is 23.1. The van der Waals surface area contributed by atoms with Crippen LogP contribution in [0.25, 0.3) is 0 Å². The molecule has 202 valence electrons. The predicted octanol–water partition coefficient (Wildman–Crippen LogP) is 6.67. The molecule has 3 aromatic carbocycles. The van der Waals surface area contributed by atoms with E-state index in [9.17, 15) is 9.59 Å². The van der Waals surface area contributed by atoms with E-state index in [4.69, 9.17) is 4.74 Å². The summed E-state index contributed by atoms with van der Waals surface area (Å²) in [4.78, 5) is 29.0. The van der Waals surface area contributed by atoms with Gasteiger partial charge in [-0.25, -0.2) is 0 Å². The lowest BCUT2D eigenvalue weighted by Crippen LogP contribution is -2.52. The molecule has 3 aromatic rings. The van der Waals surface area contributed by atoms with Crippen molar-refractivity contribution in [2.45, 2.75) is 59.5 Å². The Kier molecular flexibility index (Phi) is 11.0. The van der Waals surface area contributed by atoms with Gasteiger partial charge in [-0.05, 0) is 63.5 Å². The number of aryl methyl sites for hydroxylation is 1. The number of carbonyl (C=O) groups is 2. The van der Waals surface area contributed by atoms with Crippen molar-refractivity contribution >= 4 is 27.7 Å². The second-order valence-electron chi connectivity index (χ2n) is 10.5. The number of benzene rings is 3. The smallest absolute Gasteiger partial charge is 0.261 e. The van der Waals surface area contributed by atoms with E-state index in [2.05, 4.69) is 48.9 Å². The molecule has 0 saturated carbocycles. The Morgan fingerprint density at radius 2 is 1.63 bits per heavy atom. The fourth-order valence-electron chi connectivity index (χ4n) is 4.20. The Hall–Kier alpha value is -3.12. The van der Waals surface area contributed by atoms with Crippen molar-refractivity contribution < 1.29 is 14.3 Å². The highest BCUT2D eigenvalue weighted by Gasteiger charge is 2.31. The van der Waals surface area contributed by atoms with Crippen LogP contribution >= 0.6 is 15.9 Å². The van der Waals surface area contributed by atoms with Crippen LogP contribution < -0.4 is 10.1 Å². The zero-order valence-electron chi connectivity index (χ0n) is 23.0. The third-order valence-corrected chi connectivity index (χ3v) is 6.98. The summed E-state index contributed by atoms with van der Waals surface area (Å²) in [5.74, 6) is 0.877. The number of hydrogen-bond donors (Lipinski definition) is 1. The molecule has 2 amide bonds. The van der Waals surface area contributed by atoms with Gasteiger partial charge in [-0.3, -0.25) is 9.59 Å². The Labute approximate surface area is 235 Å². The van der Waals surface area contributed by atoms with Crippen molar-refractivity contribution in [2.75, 3.05) is 13.2 Å². The second-order valence-corrected chi connectivity index (χ2v) is 11.3. The van der Waals surface area contributed by atoms with Gasteiger partial charge in [0.1, 0.15) is 11.8 Å². The van der Waals surface area contributed by atoms with E-state index in [1.54, 1.807) is 4.90 Å². The van der Waals surface area contributed by atoms with E-state index < -0.39 is 6.04 Å². The van der Waals surface area contributed by atoms with Gasteiger partial charge in [0.05, 0.1) is 4.47 Å². The normalized spacial score (nSPS) is 11.9. The van der Waals surface area contributed by atoms with Crippen molar-refractivity contribution in [3.63, 3.8) is 0 Å². The van der Waals surface area contributed by atoms with Gasteiger partial charge in [0, 0.05) is 19.5 Å². The first-order valence-electron chi connectivity index (χ1n) is 13.2. The first-order valence-corrected chi connectivity index (χ1v) is 14.0. The number of ether oxygens (including phenoxy) is 1. The van der Waals surface area contributed by atoms with Gasteiger partial charge in [-0.1, -0.05) is 93.9 Å². The molecule has 1 atom stereocenters. The van der Waals surface area contributed by atoms with Crippen LogP contribution in [-0.4, -0.2) is 35.9 Å². The largest absolute Gasteiger partial charge is 0.483 e. The third-order valence-electron chi connectivity index (χ3n) is 6.36. The van der Waals surface area contributed by atoms with Crippen LogP contribution in [0.3, 0.4) is 0 Å². The van der Waals surface area contributed by atoms with Crippen LogP contribution in [-0.2, 0) is 22.6 Å². The number of halogens is 1. The van der Waals surface area contributed by atoms with Crippen molar-refractivity contribution in [3.05, 3.63) is 99.5 Å². The molecule has 0 unspecified atom stereocenters.